The predicted molar refractivity (Wildman–Crippen MR) is 118 cm³/mol. The highest BCUT2D eigenvalue weighted by molar-refractivity contribution is 6.05. The summed E-state index contributed by atoms with van der Waals surface area (Å²) < 4.78 is 0. The van der Waals surface area contributed by atoms with Gasteiger partial charge in [0.1, 0.15) is 5.75 Å². The molecule has 8 heteroatoms. The van der Waals surface area contributed by atoms with E-state index >= 15 is 0 Å². The molecule has 2 aliphatic rings. The van der Waals surface area contributed by atoms with Crippen LogP contribution in [0.3, 0.4) is 0 Å². The molecule has 8 nitrogen and oxygen atoms in total. The lowest BCUT2D eigenvalue weighted by Crippen LogP contribution is -2.64. The van der Waals surface area contributed by atoms with Gasteiger partial charge in [-0.05, 0) is 22.9 Å². The van der Waals surface area contributed by atoms with E-state index < -0.39 is 0 Å². The Morgan fingerprint density at radius 3 is 2.52 bits per heavy atom. The number of anilines is 1. The van der Waals surface area contributed by atoms with Crippen molar-refractivity contribution in [3.8, 4) is 5.75 Å². The van der Waals surface area contributed by atoms with Crippen LogP contribution in [0.1, 0.15) is 10.4 Å². The van der Waals surface area contributed by atoms with Crippen molar-refractivity contribution in [1.29, 1.82) is 0 Å². The maximum atomic E-state index is 12.7. The Morgan fingerprint density at radius 2 is 1.84 bits per heavy atom. The lowest BCUT2D eigenvalue weighted by molar-refractivity contribution is -0.135. The Hall–Kier alpha value is -3.39. The third kappa shape index (κ3) is 4.11. The summed E-state index contributed by atoms with van der Waals surface area (Å²) in [6.07, 6.45) is 2.04. The van der Waals surface area contributed by atoms with E-state index in [1.165, 1.54) is 6.08 Å². The Balaban J connectivity index is 1.32. The van der Waals surface area contributed by atoms with Crippen molar-refractivity contribution in [3.05, 3.63) is 48.6 Å². The zero-order valence-electron chi connectivity index (χ0n) is 17.3. The van der Waals surface area contributed by atoms with Gasteiger partial charge in [-0.1, -0.05) is 30.8 Å². The van der Waals surface area contributed by atoms with Gasteiger partial charge in [0.25, 0.3) is 0 Å². The van der Waals surface area contributed by atoms with Gasteiger partial charge in [0.2, 0.25) is 11.8 Å². The quantitative estimate of drug-likeness (QED) is 0.414. The minimum absolute atomic E-state index is 0.00220. The van der Waals surface area contributed by atoms with E-state index in [4.69, 9.17) is 0 Å². The van der Waals surface area contributed by atoms with Crippen LogP contribution in [0.2, 0.25) is 0 Å². The molecule has 2 amide bonds. The van der Waals surface area contributed by atoms with Crippen molar-refractivity contribution < 1.29 is 19.5 Å². The number of piperazine rings is 1. The maximum absolute atomic E-state index is 12.7. The number of hydrogen-bond acceptors (Lipinski definition) is 6. The summed E-state index contributed by atoms with van der Waals surface area (Å²) in [5, 5.41) is 14.8. The zero-order valence-corrected chi connectivity index (χ0v) is 17.3. The van der Waals surface area contributed by atoms with E-state index in [1.807, 2.05) is 24.3 Å². The van der Waals surface area contributed by atoms with Crippen molar-refractivity contribution in [3.63, 3.8) is 0 Å². The number of aromatic hydroxyl groups is 1. The molecule has 2 aliphatic heterocycles. The lowest BCUT2D eigenvalue weighted by atomic mass is 10.0. The van der Waals surface area contributed by atoms with Crippen LogP contribution in [-0.4, -0.2) is 89.8 Å². The summed E-state index contributed by atoms with van der Waals surface area (Å²) in [5.74, 6) is -0.175. The molecule has 162 valence electrons. The largest absolute Gasteiger partial charge is 0.506 e. The molecule has 0 unspecified atom stereocenters. The van der Waals surface area contributed by atoms with E-state index in [9.17, 15) is 19.5 Å². The normalized spacial score (nSPS) is 17.3. The Kier molecular flexibility index (Phi) is 5.90. The number of likely N-dealkylation sites (tertiary alicyclic amines) is 1. The maximum Gasteiger partial charge on any atom is 0.246 e. The summed E-state index contributed by atoms with van der Waals surface area (Å²) in [6.45, 7) is 7.65. The number of amides is 2. The lowest BCUT2D eigenvalue weighted by Gasteiger charge is -2.47. The van der Waals surface area contributed by atoms with Crippen molar-refractivity contribution in [2.24, 2.45) is 0 Å². The second kappa shape index (κ2) is 8.77. The van der Waals surface area contributed by atoms with Crippen LogP contribution < -0.4 is 5.32 Å². The van der Waals surface area contributed by atoms with Crippen molar-refractivity contribution in [2.75, 3.05) is 51.1 Å². The topological polar surface area (TPSA) is 93.2 Å². The Labute approximate surface area is 180 Å². The first kappa shape index (κ1) is 20.9. The van der Waals surface area contributed by atoms with Crippen LogP contribution in [0, 0.1) is 0 Å². The molecule has 0 radical (unpaired) electrons. The van der Waals surface area contributed by atoms with Gasteiger partial charge in [0.15, 0.2) is 6.29 Å². The predicted octanol–water partition coefficient (Wildman–Crippen LogP) is 1.31. The van der Waals surface area contributed by atoms with Crippen molar-refractivity contribution >= 4 is 34.6 Å². The number of phenols is 1. The smallest absolute Gasteiger partial charge is 0.246 e. The van der Waals surface area contributed by atoms with Gasteiger partial charge in [0, 0.05) is 50.9 Å². The minimum atomic E-state index is -0.0823. The molecule has 0 spiro atoms. The highest BCUT2D eigenvalue weighted by atomic mass is 16.3. The number of benzene rings is 2. The molecule has 2 fully saturated rings. The average molecular weight is 422 g/mol. The molecule has 0 bridgehead atoms. The fourth-order valence-corrected chi connectivity index (χ4v) is 4.28. The van der Waals surface area contributed by atoms with Gasteiger partial charge in [-0.2, -0.15) is 0 Å². The monoisotopic (exact) mass is 422 g/mol. The van der Waals surface area contributed by atoms with Crippen LogP contribution in [0.5, 0.6) is 5.75 Å². The second-order valence-electron chi connectivity index (χ2n) is 7.89. The zero-order chi connectivity index (χ0) is 22.0. The average Bonchev–Trinajstić information content (AvgIpc) is 2.76. The number of carbonyl (C=O) groups is 3. The molecule has 2 saturated heterocycles. The van der Waals surface area contributed by atoms with Crippen molar-refractivity contribution in [2.45, 2.75) is 6.04 Å². The number of nitrogens with zero attached hydrogens (tertiary/aromatic N) is 3. The van der Waals surface area contributed by atoms with E-state index in [-0.39, 0.29) is 29.8 Å². The number of fused-ring (bicyclic) bond motifs is 1. The molecule has 2 N–H and O–H groups in total. The summed E-state index contributed by atoms with van der Waals surface area (Å²) in [7, 11) is 0. The van der Waals surface area contributed by atoms with E-state index in [1.54, 1.807) is 15.9 Å². The van der Waals surface area contributed by atoms with Gasteiger partial charge in [-0.3, -0.25) is 19.3 Å². The van der Waals surface area contributed by atoms with E-state index in [0.29, 0.717) is 44.1 Å². The SMILES string of the molecule is C=CC(=O)N1CC(N2CCN(C(=O)CNc3c(O)cc4ccccc4c3C=O)CC2)C1. The first-order chi connectivity index (χ1) is 15.0. The number of hydrogen-bond donors (Lipinski definition) is 2. The van der Waals surface area contributed by atoms with Gasteiger partial charge in [0.05, 0.1) is 12.2 Å². The molecule has 0 saturated carbocycles. The standard InChI is InChI=1S/C23H26N4O4/c1-2-21(30)27-13-17(14-27)25-7-9-26(10-8-25)22(31)12-24-23-19(15-28)18-6-4-3-5-16(18)11-20(23)29/h2-6,11,15,17,24,29H,1,7-10,12-14H2. The number of nitrogens with one attached hydrogen (secondary N) is 1. The van der Waals surface area contributed by atoms with E-state index in [0.717, 1.165) is 23.9 Å². The van der Waals surface area contributed by atoms with Gasteiger partial charge >= 0.3 is 0 Å². The van der Waals surface area contributed by atoms with Gasteiger partial charge in [-0.15, -0.1) is 0 Å². The van der Waals surface area contributed by atoms with Crippen LogP contribution in [-0.2, 0) is 9.59 Å². The minimum Gasteiger partial charge on any atom is -0.506 e. The summed E-state index contributed by atoms with van der Waals surface area (Å²) in [4.78, 5) is 41.8. The van der Waals surface area contributed by atoms with Crippen LogP contribution >= 0.6 is 0 Å². The van der Waals surface area contributed by atoms with Crippen molar-refractivity contribution in [1.82, 2.24) is 14.7 Å². The molecular formula is C23H26N4O4. The molecule has 2 aromatic rings. The molecular weight excluding hydrogens is 396 g/mol. The van der Waals surface area contributed by atoms with Gasteiger partial charge in [-0.25, -0.2) is 0 Å². The fourth-order valence-electron chi connectivity index (χ4n) is 4.28. The molecule has 0 atom stereocenters. The van der Waals surface area contributed by atoms with Crippen LogP contribution in [0.4, 0.5) is 5.69 Å². The molecule has 2 heterocycles. The number of aldehydes is 1. The van der Waals surface area contributed by atoms with E-state index in [2.05, 4.69) is 16.8 Å². The van der Waals surface area contributed by atoms with Gasteiger partial charge < -0.3 is 20.2 Å². The fraction of sp³-hybridized carbons (Fsp3) is 0.348. The molecule has 0 aliphatic carbocycles. The highest BCUT2D eigenvalue weighted by Gasteiger charge is 2.35. The number of carbonyl (C=O) groups excluding carboxylic acids is 3. The van der Waals surface area contributed by atoms with Crippen LogP contribution in [0.15, 0.2) is 43.0 Å². The summed E-state index contributed by atoms with van der Waals surface area (Å²) in [5.41, 5.74) is 0.624. The Bertz CT molecular complexity index is 1020. The summed E-state index contributed by atoms with van der Waals surface area (Å²) in [6, 6.07) is 9.23. The number of rotatable bonds is 6. The Morgan fingerprint density at radius 1 is 1.13 bits per heavy atom. The molecule has 31 heavy (non-hydrogen) atoms. The third-order valence-electron chi connectivity index (χ3n) is 6.13. The molecule has 2 aromatic carbocycles. The first-order valence-electron chi connectivity index (χ1n) is 10.4. The number of phenolic OH excluding ortho intramolecular Hbond substituents is 1. The summed E-state index contributed by atoms with van der Waals surface area (Å²) >= 11 is 0. The second-order valence-corrected chi connectivity index (χ2v) is 7.89. The third-order valence-corrected chi connectivity index (χ3v) is 6.13. The molecule has 0 aromatic heterocycles. The first-order valence-corrected chi connectivity index (χ1v) is 10.4. The molecule has 4 rings (SSSR count). The van der Waals surface area contributed by atoms with Crippen LogP contribution in [0.25, 0.3) is 10.8 Å². The highest BCUT2D eigenvalue weighted by Crippen LogP contribution is 2.33.